The number of nitrogens with one attached hydrogen (secondary N) is 1. The van der Waals surface area contributed by atoms with E-state index in [4.69, 9.17) is 12.2 Å². The van der Waals surface area contributed by atoms with Crippen LogP contribution in [0.4, 0.5) is 0 Å². The minimum atomic E-state index is -0.0696. The molecule has 0 saturated heterocycles. The molecule has 0 aliphatic heterocycles. The zero-order chi connectivity index (χ0) is 13.3. The lowest BCUT2D eigenvalue weighted by atomic mass is 9.87. The number of rotatable bonds is 1. The van der Waals surface area contributed by atoms with Crippen LogP contribution in [-0.4, -0.2) is 16.2 Å². The number of carbonyl (C=O) groups is 1. The van der Waals surface area contributed by atoms with E-state index < -0.39 is 0 Å². The van der Waals surface area contributed by atoms with Gasteiger partial charge in [0.1, 0.15) is 0 Å². The van der Waals surface area contributed by atoms with Gasteiger partial charge in [-0.15, -0.1) is 0 Å². The lowest BCUT2D eigenvalue weighted by molar-refractivity contribution is -0.114. The second-order valence-corrected chi connectivity index (χ2v) is 5.95. The molecule has 0 spiro atoms. The monoisotopic (exact) mass is 259 g/mol. The van der Waals surface area contributed by atoms with Crippen molar-refractivity contribution in [2.24, 2.45) is 0 Å². The van der Waals surface area contributed by atoms with E-state index in [2.05, 4.69) is 5.32 Å². The quantitative estimate of drug-likeness (QED) is 0.621. The van der Waals surface area contributed by atoms with Crippen molar-refractivity contribution in [1.82, 2.24) is 5.32 Å². The molecule has 0 saturated carbocycles. The normalized spacial score (nSPS) is 17.8. The van der Waals surface area contributed by atoms with Gasteiger partial charge in [0.25, 0.3) is 0 Å². The maximum Gasteiger partial charge on any atom is 0.170 e. The van der Waals surface area contributed by atoms with E-state index in [1.54, 1.807) is 6.20 Å². The first-order chi connectivity index (χ1) is 8.38. The lowest BCUT2D eigenvalue weighted by Crippen LogP contribution is -2.33. The highest BCUT2D eigenvalue weighted by Crippen LogP contribution is 2.23. The summed E-state index contributed by atoms with van der Waals surface area (Å²) >= 11 is 5.42. The summed E-state index contributed by atoms with van der Waals surface area (Å²) < 4.78 is 0. The largest absolute Gasteiger partial charge is 0.386 e. The molecule has 0 radical (unpaired) electrons. The van der Waals surface area contributed by atoms with Gasteiger partial charge in [-0.2, -0.15) is 0 Å². The number of hydrogen-bond acceptors (Lipinski definition) is 3. The van der Waals surface area contributed by atoms with Crippen LogP contribution < -0.4 is 5.32 Å². The number of benzene rings is 1. The molecule has 3 heteroatoms. The highest BCUT2D eigenvalue weighted by molar-refractivity contribution is 7.81. The van der Waals surface area contributed by atoms with E-state index in [1.807, 2.05) is 45.0 Å². The van der Waals surface area contributed by atoms with Gasteiger partial charge in [-0.25, -0.2) is 0 Å². The Morgan fingerprint density at radius 2 is 1.94 bits per heavy atom. The van der Waals surface area contributed by atoms with Crippen molar-refractivity contribution in [2.45, 2.75) is 32.7 Å². The average Bonchev–Trinajstić information content (AvgIpc) is 2.27. The SMILES string of the molecule is CC(C)(C)N/C=C1\C(=O)Cc2ccccc2C1=S. The highest BCUT2D eigenvalue weighted by atomic mass is 32.1. The van der Waals surface area contributed by atoms with Gasteiger partial charge < -0.3 is 5.32 Å². The van der Waals surface area contributed by atoms with Crippen molar-refractivity contribution in [1.29, 1.82) is 0 Å². The molecule has 0 heterocycles. The van der Waals surface area contributed by atoms with Gasteiger partial charge in [0.15, 0.2) is 5.78 Å². The Bertz CT molecular complexity index is 538. The molecule has 1 aromatic rings. The minimum Gasteiger partial charge on any atom is -0.386 e. The van der Waals surface area contributed by atoms with Crippen molar-refractivity contribution in [3.63, 3.8) is 0 Å². The number of thiocarbonyl (C=S) groups is 1. The summed E-state index contributed by atoms with van der Waals surface area (Å²) in [7, 11) is 0. The first-order valence-electron chi connectivity index (χ1n) is 6.02. The molecule has 1 aliphatic carbocycles. The van der Waals surface area contributed by atoms with Crippen LogP contribution in [0.2, 0.25) is 0 Å². The van der Waals surface area contributed by atoms with E-state index in [1.165, 1.54) is 0 Å². The Hall–Kier alpha value is -1.48. The molecular weight excluding hydrogens is 242 g/mol. The molecule has 0 aromatic heterocycles. The van der Waals surface area contributed by atoms with Crippen molar-refractivity contribution >= 4 is 22.9 Å². The summed E-state index contributed by atoms with van der Waals surface area (Å²) in [6.07, 6.45) is 2.20. The number of hydrogen-bond donors (Lipinski definition) is 1. The molecule has 0 bridgehead atoms. The third-order valence-electron chi connectivity index (χ3n) is 2.81. The standard InChI is InChI=1S/C15H17NOS/c1-15(2,3)16-9-12-13(17)8-10-6-4-5-7-11(10)14(12)18/h4-7,9,16H,8H2,1-3H3/b12-9+. The second kappa shape index (κ2) is 4.65. The Labute approximate surface area is 113 Å². The molecule has 0 amide bonds. The number of fused-ring (bicyclic) bond motifs is 1. The summed E-state index contributed by atoms with van der Waals surface area (Å²) in [5.41, 5.74) is 2.59. The fourth-order valence-corrected chi connectivity index (χ4v) is 2.24. The number of carbonyl (C=O) groups excluding carboxylic acids is 1. The van der Waals surface area contributed by atoms with Crippen LogP contribution in [0, 0.1) is 0 Å². The maximum atomic E-state index is 12.1. The van der Waals surface area contributed by atoms with Crippen molar-refractivity contribution in [2.75, 3.05) is 0 Å². The fourth-order valence-electron chi connectivity index (χ4n) is 1.87. The van der Waals surface area contributed by atoms with Gasteiger partial charge in [-0.3, -0.25) is 4.79 Å². The van der Waals surface area contributed by atoms with Gasteiger partial charge in [0.2, 0.25) is 0 Å². The third-order valence-corrected chi connectivity index (χ3v) is 3.25. The van der Waals surface area contributed by atoms with E-state index in [9.17, 15) is 4.79 Å². The molecule has 2 nitrogen and oxygen atoms in total. The second-order valence-electron chi connectivity index (χ2n) is 5.54. The molecule has 18 heavy (non-hydrogen) atoms. The van der Waals surface area contributed by atoms with Crippen LogP contribution in [0.3, 0.4) is 0 Å². The topological polar surface area (TPSA) is 29.1 Å². The molecule has 0 fully saturated rings. The zero-order valence-corrected chi connectivity index (χ0v) is 11.7. The molecule has 1 aliphatic rings. The van der Waals surface area contributed by atoms with Crippen LogP contribution in [0.1, 0.15) is 31.9 Å². The lowest BCUT2D eigenvalue weighted by Gasteiger charge is -2.23. The fraction of sp³-hybridized carbons (Fsp3) is 0.333. The van der Waals surface area contributed by atoms with Gasteiger partial charge in [-0.1, -0.05) is 36.5 Å². The van der Waals surface area contributed by atoms with Crippen molar-refractivity contribution in [3.05, 3.63) is 47.2 Å². The van der Waals surface area contributed by atoms with Gasteiger partial charge >= 0.3 is 0 Å². The smallest absolute Gasteiger partial charge is 0.170 e. The van der Waals surface area contributed by atoms with E-state index >= 15 is 0 Å². The maximum absolute atomic E-state index is 12.1. The van der Waals surface area contributed by atoms with Crippen LogP contribution in [-0.2, 0) is 11.2 Å². The van der Waals surface area contributed by atoms with E-state index in [0.717, 1.165) is 11.1 Å². The van der Waals surface area contributed by atoms with Gasteiger partial charge in [0, 0.05) is 18.2 Å². The summed E-state index contributed by atoms with van der Waals surface area (Å²) in [6, 6.07) is 7.84. The average molecular weight is 259 g/mol. The molecule has 94 valence electrons. The number of allylic oxidation sites excluding steroid dienone is 1. The Morgan fingerprint density at radius 1 is 1.28 bits per heavy atom. The predicted octanol–water partition coefficient (Wildman–Crippen LogP) is 2.80. The molecule has 2 rings (SSSR count). The number of Topliss-reactive ketones (excluding diaryl/α,β-unsaturated/α-hetero) is 1. The molecule has 0 atom stereocenters. The summed E-state index contributed by atoms with van der Waals surface area (Å²) in [5, 5.41) is 3.21. The highest BCUT2D eigenvalue weighted by Gasteiger charge is 2.25. The molecule has 1 aromatic carbocycles. The number of ketones is 1. The van der Waals surface area contributed by atoms with Crippen LogP contribution >= 0.6 is 12.2 Å². The van der Waals surface area contributed by atoms with Crippen LogP contribution in [0.25, 0.3) is 0 Å². The summed E-state index contributed by atoms with van der Waals surface area (Å²) in [6.45, 7) is 6.15. The zero-order valence-electron chi connectivity index (χ0n) is 10.9. The van der Waals surface area contributed by atoms with Crippen molar-refractivity contribution < 1.29 is 4.79 Å². The summed E-state index contributed by atoms with van der Waals surface area (Å²) in [5.74, 6) is 0.0930. The van der Waals surface area contributed by atoms with Crippen LogP contribution in [0.15, 0.2) is 36.0 Å². The molecular formula is C15H17NOS. The minimum absolute atomic E-state index is 0.0696. The Balaban J connectivity index is 2.36. The van der Waals surface area contributed by atoms with Gasteiger partial charge in [-0.05, 0) is 31.9 Å². The third kappa shape index (κ3) is 2.67. The predicted molar refractivity (Wildman–Crippen MR) is 77.8 cm³/mol. The van der Waals surface area contributed by atoms with E-state index in [-0.39, 0.29) is 11.3 Å². The first-order valence-corrected chi connectivity index (χ1v) is 6.43. The van der Waals surface area contributed by atoms with E-state index in [0.29, 0.717) is 16.9 Å². The molecule has 0 unspecified atom stereocenters. The van der Waals surface area contributed by atoms with Crippen molar-refractivity contribution in [3.8, 4) is 0 Å². The Morgan fingerprint density at radius 3 is 2.61 bits per heavy atom. The molecule has 1 N–H and O–H groups in total. The van der Waals surface area contributed by atoms with Gasteiger partial charge in [0.05, 0.1) is 10.4 Å². The Kier molecular flexibility index (Phi) is 3.35. The summed E-state index contributed by atoms with van der Waals surface area (Å²) in [4.78, 5) is 12.7. The van der Waals surface area contributed by atoms with Crippen LogP contribution in [0.5, 0.6) is 0 Å². The first kappa shape index (κ1) is 13.0.